The van der Waals surface area contributed by atoms with Gasteiger partial charge in [-0.2, -0.15) is 0 Å². The van der Waals surface area contributed by atoms with E-state index in [0.29, 0.717) is 13.1 Å². The minimum atomic E-state index is 0.513. The Morgan fingerprint density at radius 1 is 1.06 bits per heavy atom. The summed E-state index contributed by atoms with van der Waals surface area (Å²) in [6.07, 6.45) is 2.92. The smallest absolute Gasteiger partial charge is 0.204 e. The van der Waals surface area contributed by atoms with E-state index in [4.69, 9.17) is 15.5 Å². The number of morpholine rings is 1. The molecule has 0 radical (unpaired) electrons. The van der Waals surface area contributed by atoms with E-state index in [9.17, 15) is 0 Å². The SMILES string of the molecule is NCc1ccc2nc(NCCCN3CCOCC3)n(Cc3cccc4cccnc34)c2c1. The predicted molar refractivity (Wildman–Crippen MR) is 129 cm³/mol. The van der Waals surface area contributed by atoms with Gasteiger partial charge in [0.1, 0.15) is 0 Å². The largest absolute Gasteiger partial charge is 0.379 e. The molecule has 3 N–H and O–H groups in total. The molecule has 4 aromatic rings. The number of anilines is 1. The van der Waals surface area contributed by atoms with Crippen LogP contribution in [0.2, 0.25) is 0 Å². The average molecular weight is 431 g/mol. The lowest BCUT2D eigenvalue weighted by Crippen LogP contribution is -2.37. The number of rotatable bonds is 8. The first-order valence-corrected chi connectivity index (χ1v) is 11.4. The van der Waals surface area contributed by atoms with Gasteiger partial charge in [-0.3, -0.25) is 9.88 Å². The number of ether oxygens (including phenoxy) is 1. The second-order valence-electron chi connectivity index (χ2n) is 8.28. The van der Waals surface area contributed by atoms with E-state index in [1.165, 1.54) is 5.56 Å². The summed E-state index contributed by atoms with van der Waals surface area (Å²) in [6.45, 7) is 6.88. The number of imidazole rings is 1. The number of fused-ring (bicyclic) bond motifs is 2. The Morgan fingerprint density at radius 3 is 2.81 bits per heavy atom. The molecular weight excluding hydrogens is 400 g/mol. The summed E-state index contributed by atoms with van der Waals surface area (Å²) in [5.74, 6) is 0.893. The number of aromatic nitrogens is 3. The Morgan fingerprint density at radius 2 is 1.94 bits per heavy atom. The van der Waals surface area contributed by atoms with Crippen molar-refractivity contribution in [1.29, 1.82) is 0 Å². The molecule has 32 heavy (non-hydrogen) atoms. The van der Waals surface area contributed by atoms with E-state index in [-0.39, 0.29) is 0 Å². The Bertz CT molecular complexity index is 1190. The Kier molecular flexibility index (Phi) is 6.29. The highest BCUT2D eigenvalue weighted by molar-refractivity contribution is 5.83. The molecule has 1 saturated heterocycles. The van der Waals surface area contributed by atoms with E-state index >= 15 is 0 Å². The van der Waals surface area contributed by atoms with Gasteiger partial charge in [0, 0.05) is 37.8 Å². The second-order valence-corrected chi connectivity index (χ2v) is 8.28. The van der Waals surface area contributed by atoms with E-state index < -0.39 is 0 Å². The zero-order chi connectivity index (χ0) is 21.8. The summed E-state index contributed by atoms with van der Waals surface area (Å²) in [6, 6.07) is 16.7. The topological polar surface area (TPSA) is 81.2 Å². The number of para-hydroxylation sites is 1. The fourth-order valence-electron chi connectivity index (χ4n) is 4.38. The van der Waals surface area contributed by atoms with Gasteiger partial charge in [0.2, 0.25) is 5.95 Å². The second kappa shape index (κ2) is 9.65. The Labute approximate surface area is 188 Å². The molecule has 1 fully saturated rings. The summed E-state index contributed by atoms with van der Waals surface area (Å²) in [5, 5.41) is 4.74. The average Bonchev–Trinajstić information content (AvgIpc) is 3.19. The van der Waals surface area contributed by atoms with Crippen LogP contribution in [-0.2, 0) is 17.8 Å². The molecule has 0 amide bonds. The number of hydrogen-bond acceptors (Lipinski definition) is 6. The molecule has 1 aliphatic rings. The molecular formula is C25H30N6O. The van der Waals surface area contributed by atoms with Gasteiger partial charge < -0.3 is 20.4 Å². The van der Waals surface area contributed by atoms with Gasteiger partial charge in [-0.25, -0.2) is 4.98 Å². The van der Waals surface area contributed by atoms with Crippen LogP contribution < -0.4 is 11.1 Å². The molecule has 0 unspecified atom stereocenters. The lowest BCUT2D eigenvalue weighted by atomic mass is 10.1. The number of nitrogens with two attached hydrogens (primary N) is 1. The molecule has 0 atom stereocenters. The number of hydrogen-bond donors (Lipinski definition) is 2. The number of pyridine rings is 1. The molecule has 7 nitrogen and oxygen atoms in total. The lowest BCUT2D eigenvalue weighted by molar-refractivity contribution is 0.0378. The highest BCUT2D eigenvalue weighted by Crippen LogP contribution is 2.25. The molecule has 0 aliphatic carbocycles. The van der Waals surface area contributed by atoms with Gasteiger partial charge in [0.05, 0.1) is 36.3 Å². The van der Waals surface area contributed by atoms with Crippen LogP contribution in [0.25, 0.3) is 21.9 Å². The maximum absolute atomic E-state index is 5.92. The zero-order valence-electron chi connectivity index (χ0n) is 18.3. The van der Waals surface area contributed by atoms with E-state index in [2.05, 4.69) is 62.2 Å². The summed E-state index contributed by atoms with van der Waals surface area (Å²) in [5.41, 5.74) is 11.3. The van der Waals surface area contributed by atoms with Crippen LogP contribution in [0.3, 0.4) is 0 Å². The van der Waals surface area contributed by atoms with E-state index in [1.807, 2.05) is 12.3 Å². The molecule has 0 saturated carbocycles. The molecule has 7 heteroatoms. The standard InChI is InChI=1S/C25H30N6O/c26-17-19-7-8-22-23(16-19)31(18-21-5-1-4-20-6-2-9-27-24(20)21)25(29-22)28-10-3-11-30-12-14-32-15-13-30/h1-2,4-9,16H,3,10-15,17-18,26H2,(H,28,29). The molecule has 0 bridgehead atoms. The van der Waals surface area contributed by atoms with Gasteiger partial charge in [-0.15, -0.1) is 0 Å². The Hall–Kier alpha value is -3.00. The lowest BCUT2D eigenvalue weighted by Gasteiger charge is -2.26. The first-order chi connectivity index (χ1) is 15.8. The van der Waals surface area contributed by atoms with Crippen molar-refractivity contribution in [3.8, 4) is 0 Å². The first kappa shape index (κ1) is 20.9. The van der Waals surface area contributed by atoms with Crippen molar-refractivity contribution in [2.75, 3.05) is 44.7 Å². The molecule has 0 spiro atoms. The third kappa shape index (κ3) is 4.46. The zero-order valence-corrected chi connectivity index (χ0v) is 18.3. The highest BCUT2D eigenvalue weighted by Gasteiger charge is 2.14. The number of nitrogens with one attached hydrogen (secondary N) is 1. The monoisotopic (exact) mass is 430 g/mol. The fourth-order valence-corrected chi connectivity index (χ4v) is 4.38. The van der Waals surface area contributed by atoms with Gasteiger partial charge in [-0.05, 0) is 42.3 Å². The van der Waals surface area contributed by atoms with Gasteiger partial charge in [0.25, 0.3) is 0 Å². The van der Waals surface area contributed by atoms with Crippen LogP contribution in [0.5, 0.6) is 0 Å². The molecule has 2 aromatic carbocycles. The molecule has 5 rings (SSSR count). The minimum Gasteiger partial charge on any atom is -0.379 e. The molecule has 2 aromatic heterocycles. The predicted octanol–water partition coefficient (Wildman–Crippen LogP) is 3.23. The highest BCUT2D eigenvalue weighted by atomic mass is 16.5. The van der Waals surface area contributed by atoms with E-state index in [1.54, 1.807) is 0 Å². The van der Waals surface area contributed by atoms with Crippen molar-refractivity contribution in [2.24, 2.45) is 5.73 Å². The van der Waals surface area contributed by atoms with E-state index in [0.717, 1.165) is 79.3 Å². The van der Waals surface area contributed by atoms with Crippen LogP contribution in [0.1, 0.15) is 17.5 Å². The molecule has 1 aliphatic heterocycles. The van der Waals surface area contributed by atoms with Gasteiger partial charge >= 0.3 is 0 Å². The van der Waals surface area contributed by atoms with Crippen molar-refractivity contribution >= 4 is 27.9 Å². The van der Waals surface area contributed by atoms with Crippen molar-refractivity contribution < 1.29 is 4.74 Å². The maximum atomic E-state index is 5.92. The summed E-state index contributed by atoms with van der Waals surface area (Å²) >= 11 is 0. The van der Waals surface area contributed by atoms with Crippen molar-refractivity contribution in [1.82, 2.24) is 19.4 Å². The number of nitrogens with zero attached hydrogens (tertiary/aromatic N) is 4. The first-order valence-electron chi connectivity index (χ1n) is 11.4. The van der Waals surface area contributed by atoms with Crippen LogP contribution in [-0.4, -0.2) is 58.8 Å². The quantitative estimate of drug-likeness (QED) is 0.418. The van der Waals surface area contributed by atoms with Crippen molar-refractivity contribution in [3.05, 3.63) is 65.9 Å². The summed E-state index contributed by atoms with van der Waals surface area (Å²) in [7, 11) is 0. The van der Waals surface area contributed by atoms with Crippen LogP contribution >= 0.6 is 0 Å². The normalized spacial score (nSPS) is 14.9. The molecule has 166 valence electrons. The molecule has 3 heterocycles. The van der Waals surface area contributed by atoms with Crippen molar-refractivity contribution in [2.45, 2.75) is 19.5 Å². The third-order valence-electron chi connectivity index (χ3n) is 6.13. The van der Waals surface area contributed by atoms with Crippen LogP contribution in [0.15, 0.2) is 54.7 Å². The summed E-state index contributed by atoms with van der Waals surface area (Å²) < 4.78 is 7.70. The summed E-state index contributed by atoms with van der Waals surface area (Å²) in [4.78, 5) is 12.0. The van der Waals surface area contributed by atoms with Gasteiger partial charge in [-0.1, -0.05) is 30.3 Å². The fraction of sp³-hybridized carbons (Fsp3) is 0.360. The third-order valence-corrected chi connectivity index (χ3v) is 6.13. The number of benzene rings is 2. The Balaban J connectivity index is 1.41. The minimum absolute atomic E-state index is 0.513. The van der Waals surface area contributed by atoms with Crippen LogP contribution in [0, 0.1) is 0 Å². The maximum Gasteiger partial charge on any atom is 0.204 e. The van der Waals surface area contributed by atoms with Gasteiger partial charge in [0.15, 0.2) is 0 Å². The van der Waals surface area contributed by atoms with Crippen LogP contribution in [0.4, 0.5) is 5.95 Å². The van der Waals surface area contributed by atoms with Crippen molar-refractivity contribution in [3.63, 3.8) is 0 Å².